The average Bonchev–Trinajstić information content (AvgIpc) is 2.46. The molecule has 21 heavy (non-hydrogen) atoms. The molecule has 0 bridgehead atoms. The van der Waals surface area contributed by atoms with Gasteiger partial charge >= 0.3 is 5.63 Å². The highest BCUT2D eigenvalue weighted by Crippen LogP contribution is 2.15. The number of benzene rings is 1. The summed E-state index contributed by atoms with van der Waals surface area (Å²) in [5.41, 5.74) is 2.12. The Morgan fingerprint density at radius 1 is 1.14 bits per heavy atom. The Labute approximate surface area is 121 Å². The molecule has 0 aliphatic rings. The van der Waals surface area contributed by atoms with Crippen LogP contribution in [0, 0.1) is 6.92 Å². The molecule has 0 saturated carbocycles. The van der Waals surface area contributed by atoms with E-state index in [2.05, 4.69) is 9.98 Å². The highest BCUT2D eigenvalue weighted by atomic mass is 16.4. The molecule has 0 amide bonds. The number of aryl methyl sites for hydroxylation is 1. The number of hydrogen-bond acceptors (Lipinski definition) is 4. The molecule has 0 aliphatic carbocycles. The molecule has 0 atom stereocenters. The molecule has 0 radical (unpaired) electrons. The van der Waals surface area contributed by atoms with Crippen LogP contribution in [0.4, 0.5) is 5.82 Å². The number of rotatable bonds is 2. The molecule has 3 aromatic rings. The predicted molar refractivity (Wildman–Crippen MR) is 83.3 cm³/mol. The number of aromatic nitrogens is 1. The van der Waals surface area contributed by atoms with E-state index in [1.807, 2.05) is 37.3 Å². The molecular formula is C17H14N2O2. The van der Waals surface area contributed by atoms with Crippen LogP contribution < -0.4 is 5.63 Å². The molecule has 4 nitrogen and oxygen atoms in total. The molecule has 2 heterocycles. The van der Waals surface area contributed by atoms with Crippen LogP contribution in [0.3, 0.4) is 0 Å². The van der Waals surface area contributed by atoms with E-state index in [1.54, 1.807) is 25.1 Å². The number of para-hydroxylation sites is 1. The van der Waals surface area contributed by atoms with Crippen molar-refractivity contribution in [1.29, 1.82) is 0 Å². The first-order chi connectivity index (χ1) is 10.1. The monoisotopic (exact) mass is 278 g/mol. The molecular weight excluding hydrogens is 264 g/mol. The van der Waals surface area contributed by atoms with Gasteiger partial charge in [0.1, 0.15) is 5.58 Å². The summed E-state index contributed by atoms with van der Waals surface area (Å²) in [6, 6.07) is 14.8. The van der Waals surface area contributed by atoms with E-state index in [1.165, 1.54) is 0 Å². The van der Waals surface area contributed by atoms with Gasteiger partial charge in [-0.2, -0.15) is 0 Å². The Morgan fingerprint density at radius 2 is 1.95 bits per heavy atom. The molecule has 3 rings (SSSR count). The minimum atomic E-state index is -0.386. The van der Waals surface area contributed by atoms with E-state index in [-0.39, 0.29) is 5.63 Å². The zero-order valence-electron chi connectivity index (χ0n) is 11.8. The van der Waals surface area contributed by atoms with Gasteiger partial charge in [-0.3, -0.25) is 0 Å². The molecule has 0 N–H and O–H groups in total. The van der Waals surface area contributed by atoms with Crippen molar-refractivity contribution < 1.29 is 4.42 Å². The zero-order valence-corrected chi connectivity index (χ0v) is 11.8. The molecule has 4 heteroatoms. The Morgan fingerprint density at radius 3 is 2.76 bits per heavy atom. The van der Waals surface area contributed by atoms with Gasteiger partial charge in [0.15, 0.2) is 5.82 Å². The van der Waals surface area contributed by atoms with Crippen molar-refractivity contribution in [2.24, 2.45) is 4.99 Å². The van der Waals surface area contributed by atoms with Crippen molar-refractivity contribution >= 4 is 22.5 Å². The van der Waals surface area contributed by atoms with E-state index in [0.29, 0.717) is 22.7 Å². The normalized spacial score (nSPS) is 11.8. The van der Waals surface area contributed by atoms with Gasteiger partial charge in [-0.05, 0) is 38.1 Å². The van der Waals surface area contributed by atoms with Gasteiger partial charge < -0.3 is 4.42 Å². The average molecular weight is 278 g/mol. The Bertz CT molecular complexity index is 894. The number of pyridine rings is 1. The van der Waals surface area contributed by atoms with Crippen LogP contribution in [0.2, 0.25) is 0 Å². The first-order valence-corrected chi connectivity index (χ1v) is 6.66. The topological polar surface area (TPSA) is 55.5 Å². The highest BCUT2D eigenvalue weighted by Gasteiger charge is 2.08. The summed E-state index contributed by atoms with van der Waals surface area (Å²) < 4.78 is 5.32. The second-order valence-corrected chi connectivity index (χ2v) is 4.82. The van der Waals surface area contributed by atoms with Gasteiger partial charge in [0.25, 0.3) is 0 Å². The summed E-state index contributed by atoms with van der Waals surface area (Å²) in [7, 11) is 0. The van der Waals surface area contributed by atoms with Crippen LogP contribution in [0.15, 0.2) is 62.7 Å². The van der Waals surface area contributed by atoms with E-state index in [9.17, 15) is 4.79 Å². The zero-order chi connectivity index (χ0) is 14.8. The summed E-state index contributed by atoms with van der Waals surface area (Å²) in [5.74, 6) is 0.583. The van der Waals surface area contributed by atoms with Gasteiger partial charge in [0.2, 0.25) is 0 Å². The van der Waals surface area contributed by atoms with E-state index < -0.39 is 0 Å². The quantitative estimate of drug-likeness (QED) is 0.531. The minimum Gasteiger partial charge on any atom is -0.422 e. The fraction of sp³-hybridized carbons (Fsp3) is 0.118. The van der Waals surface area contributed by atoms with Gasteiger partial charge in [0.05, 0.1) is 11.3 Å². The Hall–Kier alpha value is -2.75. The third-order valence-corrected chi connectivity index (χ3v) is 3.19. The second-order valence-electron chi connectivity index (χ2n) is 4.82. The summed E-state index contributed by atoms with van der Waals surface area (Å²) in [6.07, 6.45) is 0. The largest absolute Gasteiger partial charge is 0.422 e. The first-order valence-electron chi connectivity index (χ1n) is 6.66. The van der Waals surface area contributed by atoms with Gasteiger partial charge in [-0.25, -0.2) is 14.8 Å². The maximum atomic E-state index is 12.1. The standard InChI is InChI=1S/C17H14N2O2/c1-11-6-5-9-16(18-11)19-12(2)14-10-13-7-3-4-8-15(13)21-17(14)20/h3-10H,1-2H3/b19-12+. The lowest BCUT2D eigenvalue weighted by atomic mass is 10.1. The molecule has 0 aliphatic heterocycles. The van der Waals surface area contributed by atoms with Crippen molar-refractivity contribution in [2.75, 3.05) is 0 Å². The van der Waals surface area contributed by atoms with Crippen molar-refractivity contribution in [3.8, 4) is 0 Å². The number of hydrogen-bond donors (Lipinski definition) is 0. The van der Waals surface area contributed by atoms with Crippen molar-refractivity contribution in [1.82, 2.24) is 4.98 Å². The molecule has 2 aromatic heterocycles. The third-order valence-electron chi connectivity index (χ3n) is 3.19. The summed E-state index contributed by atoms with van der Waals surface area (Å²) >= 11 is 0. The van der Waals surface area contributed by atoms with Crippen LogP contribution >= 0.6 is 0 Å². The fourth-order valence-electron chi connectivity index (χ4n) is 2.14. The molecule has 0 saturated heterocycles. The van der Waals surface area contributed by atoms with Crippen LogP contribution in [-0.4, -0.2) is 10.7 Å². The maximum absolute atomic E-state index is 12.1. The lowest BCUT2D eigenvalue weighted by molar-refractivity contribution is 0.559. The number of fused-ring (bicyclic) bond motifs is 1. The lowest BCUT2D eigenvalue weighted by Crippen LogP contribution is -2.11. The van der Waals surface area contributed by atoms with Gasteiger partial charge in [0, 0.05) is 11.1 Å². The number of nitrogens with zero attached hydrogens (tertiary/aromatic N) is 2. The summed E-state index contributed by atoms with van der Waals surface area (Å²) in [4.78, 5) is 20.8. The van der Waals surface area contributed by atoms with Crippen LogP contribution in [0.1, 0.15) is 18.2 Å². The maximum Gasteiger partial charge on any atom is 0.345 e. The van der Waals surface area contributed by atoms with E-state index in [0.717, 1.165) is 11.1 Å². The van der Waals surface area contributed by atoms with E-state index >= 15 is 0 Å². The minimum absolute atomic E-state index is 0.386. The summed E-state index contributed by atoms with van der Waals surface area (Å²) in [5, 5.41) is 0.874. The Balaban J connectivity index is 2.11. The highest BCUT2D eigenvalue weighted by molar-refractivity contribution is 6.01. The summed E-state index contributed by atoms with van der Waals surface area (Å²) in [6.45, 7) is 3.68. The smallest absolute Gasteiger partial charge is 0.345 e. The van der Waals surface area contributed by atoms with Crippen LogP contribution in [0.25, 0.3) is 11.0 Å². The molecule has 0 spiro atoms. The van der Waals surface area contributed by atoms with Gasteiger partial charge in [-0.15, -0.1) is 0 Å². The Kier molecular flexibility index (Phi) is 3.36. The van der Waals surface area contributed by atoms with Crippen LogP contribution in [-0.2, 0) is 0 Å². The SMILES string of the molecule is C/C(=N\c1cccc(C)n1)c1cc2ccccc2oc1=O. The van der Waals surface area contributed by atoms with Crippen LogP contribution in [0.5, 0.6) is 0 Å². The van der Waals surface area contributed by atoms with Crippen molar-refractivity contribution in [3.05, 3.63) is 70.2 Å². The van der Waals surface area contributed by atoms with Crippen molar-refractivity contribution in [2.45, 2.75) is 13.8 Å². The van der Waals surface area contributed by atoms with E-state index in [4.69, 9.17) is 4.42 Å². The second kappa shape index (κ2) is 5.32. The first kappa shape index (κ1) is 13.2. The van der Waals surface area contributed by atoms with Crippen molar-refractivity contribution in [3.63, 3.8) is 0 Å². The third kappa shape index (κ3) is 2.74. The number of aliphatic imine (C=N–C) groups is 1. The molecule has 104 valence electrons. The lowest BCUT2D eigenvalue weighted by Gasteiger charge is -2.02. The van der Waals surface area contributed by atoms with Gasteiger partial charge in [-0.1, -0.05) is 24.3 Å². The predicted octanol–water partition coefficient (Wildman–Crippen LogP) is 3.64. The molecule has 0 unspecified atom stereocenters. The molecule has 0 fully saturated rings. The molecule has 1 aromatic carbocycles. The fourth-order valence-corrected chi connectivity index (χ4v) is 2.14.